The van der Waals surface area contributed by atoms with Crippen LogP contribution in [0, 0.1) is 0 Å². The molecular weight excluding hydrogens is 306 g/mol. The molecule has 1 unspecified atom stereocenters. The molecule has 1 aromatic carbocycles. The lowest BCUT2D eigenvalue weighted by molar-refractivity contribution is -0.124. The Bertz CT molecular complexity index is 739. The predicted molar refractivity (Wildman–Crippen MR) is 88.3 cm³/mol. The SMILES string of the molecule is CC(C)NC(=O)C1CCc2nnc(CNC(=O)c3ccccc3)n21. The van der Waals surface area contributed by atoms with Crippen LogP contribution < -0.4 is 10.6 Å². The molecule has 1 atom stereocenters. The van der Waals surface area contributed by atoms with E-state index < -0.39 is 0 Å². The average Bonchev–Trinajstić information content (AvgIpc) is 3.15. The van der Waals surface area contributed by atoms with E-state index in [2.05, 4.69) is 20.8 Å². The molecule has 24 heavy (non-hydrogen) atoms. The summed E-state index contributed by atoms with van der Waals surface area (Å²) in [6.45, 7) is 4.11. The molecule has 126 valence electrons. The molecule has 7 heteroatoms. The average molecular weight is 327 g/mol. The standard InChI is InChI=1S/C17H21N5O2/c1-11(2)19-17(24)13-8-9-14-20-21-15(22(13)14)10-18-16(23)12-6-4-3-5-7-12/h3-7,11,13H,8-10H2,1-2H3,(H,18,23)(H,19,24). The van der Waals surface area contributed by atoms with Crippen LogP contribution in [0.3, 0.4) is 0 Å². The largest absolute Gasteiger partial charge is 0.352 e. The first-order valence-corrected chi connectivity index (χ1v) is 8.12. The summed E-state index contributed by atoms with van der Waals surface area (Å²) in [5, 5.41) is 14.0. The van der Waals surface area contributed by atoms with Crippen molar-refractivity contribution in [2.75, 3.05) is 0 Å². The second-order valence-electron chi connectivity index (χ2n) is 6.17. The van der Waals surface area contributed by atoms with Crippen LogP contribution in [-0.2, 0) is 17.8 Å². The number of amides is 2. The van der Waals surface area contributed by atoms with Gasteiger partial charge in [0, 0.05) is 18.0 Å². The van der Waals surface area contributed by atoms with Gasteiger partial charge in [0.15, 0.2) is 5.82 Å². The molecule has 0 bridgehead atoms. The summed E-state index contributed by atoms with van der Waals surface area (Å²) in [6, 6.07) is 8.78. The Balaban J connectivity index is 1.70. The van der Waals surface area contributed by atoms with Crippen molar-refractivity contribution in [2.24, 2.45) is 0 Å². The molecule has 7 nitrogen and oxygen atoms in total. The summed E-state index contributed by atoms with van der Waals surface area (Å²) in [6.07, 6.45) is 1.43. The third-order valence-electron chi connectivity index (χ3n) is 3.97. The molecule has 0 spiro atoms. The van der Waals surface area contributed by atoms with Gasteiger partial charge in [0.25, 0.3) is 5.91 Å². The smallest absolute Gasteiger partial charge is 0.251 e. The van der Waals surface area contributed by atoms with E-state index in [-0.39, 0.29) is 30.4 Å². The molecule has 0 saturated carbocycles. The zero-order valence-electron chi connectivity index (χ0n) is 13.8. The third-order valence-corrected chi connectivity index (χ3v) is 3.97. The topological polar surface area (TPSA) is 88.9 Å². The number of aryl methyl sites for hydroxylation is 1. The molecule has 1 aliphatic rings. The number of nitrogens with one attached hydrogen (secondary N) is 2. The Labute approximate surface area is 140 Å². The van der Waals surface area contributed by atoms with Gasteiger partial charge >= 0.3 is 0 Å². The van der Waals surface area contributed by atoms with E-state index in [0.29, 0.717) is 17.8 Å². The van der Waals surface area contributed by atoms with Crippen LogP contribution in [0.4, 0.5) is 0 Å². The summed E-state index contributed by atoms with van der Waals surface area (Å²) in [4.78, 5) is 24.5. The van der Waals surface area contributed by atoms with Crippen LogP contribution >= 0.6 is 0 Å². The number of hydrogen-bond donors (Lipinski definition) is 2. The van der Waals surface area contributed by atoms with Gasteiger partial charge in [-0.1, -0.05) is 18.2 Å². The molecule has 2 N–H and O–H groups in total. The zero-order valence-corrected chi connectivity index (χ0v) is 13.8. The molecule has 2 aromatic rings. The van der Waals surface area contributed by atoms with Gasteiger partial charge < -0.3 is 15.2 Å². The van der Waals surface area contributed by atoms with Gasteiger partial charge in [-0.05, 0) is 32.4 Å². The number of nitrogens with zero attached hydrogens (tertiary/aromatic N) is 3. The van der Waals surface area contributed by atoms with Gasteiger partial charge in [0.2, 0.25) is 5.91 Å². The van der Waals surface area contributed by atoms with Gasteiger partial charge in [-0.3, -0.25) is 9.59 Å². The van der Waals surface area contributed by atoms with Crippen molar-refractivity contribution in [1.82, 2.24) is 25.4 Å². The first-order chi connectivity index (χ1) is 11.6. The highest BCUT2D eigenvalue weighted by molar-refractivity contribution is 5.94. The summed E-state index contributed by atoms with van der Waals surface area (Å²) in [5.74, 6) is 1.20. The molecule has 0 saturated heterocycles. The highest BCUT2D eigenvalue weighted by atomic mass is 16.2. The van der Waals surface area contributed by atoms with Gasteiger partial charge in [-0.2, -0.15) is 0 Å². The number of hydrogen-bond acceptors (Lipinski definition) is 4. The van der Waals surface area contributed by atoms with Gasteiger partial charge in [0.1, 0.15) is 11.9 Å². The number of aromatic nitrogens is 3. The second-order valence-corrected chi connectivity index (χ2v) is 6.17. The van der Waals surface area contributed by atoms with Crippen LogP contribution in [0.25, 0.3) is 0 Å². The Hall–Kier alpha value is -2.70. The van der Waals surface area contributed by atoms with Gasteiger partial charge in [-0.25, -0.2) is 0 Å². The van der Waals surface area contributed by atoms with Crippen molar-refractivity contribution in [3.63, 3.8) is 0 Å². The Morgan fingerprint density at radius 2 is 2.00 bits per heavy atom. The highest BCUT2D eigenvalue weighted by Crippen LogP contribution is 2.26. The summed E-state index contributed by atoms with van der Waals surface area (Å²) >= 11 is 0. The molecular formula is C17H21N5O2. The van der Waals surface area contributed by atoms with Crippen molar-refractivity contribution in [3.8, 4) is 0 Å². The maximum atomic E-state index is 12.4. The molecule has 1 aromatic heterocycles. The van der Waals surface area contributed by atoms with E-state index in [1.807, 2.05) is 36.6 Å². The minimum atomic E-state index is -0.305. The third kappa shape index (κ3) is 3.29. The molecule has 1 aliphatic heterocycles. The Kier molecular flexibility index (Phi) is 4.59. The van der Waals surface area contributed by atoms with Crippen molar-refractivity contribution in [2.45, 2.75) is 45.3 Å². The van der Waals surface area contributed by atoms with Crippen molar-refractivity contribution < 1.29 is 9.59 Å². The minimum Gasteiger partial charge on any atom is -0.352 e. The number of rotatable bonds is 5. The van der Waals surface area contributed by atoms with E-state index in [1.54, 1.807) is 12.1 Å². The van der Waals surface area contributed by atoms with E-state index >= 15 is 0 Å². The predicted octanol–water partition coefficient (Wildman–Crippen LogP) is 1.22. The molecule has 2 heterocycles. The molecule has 0 fully saturated rings. The van der Waals surface area contributed by atoms with E-state index in [1.165, 1.54) is 0 Å². The second kappa shape index (κ2) is 6.82. The molecule has 0 radical (unpaired) electrons. The first-order valence-electron chi connectivity index (χ1n) is 8.12. The van der Waals surface area contributed by atoms with E-state index in [0.717, 1.165) is 12.2 Å². The number of benzene rings is 1. The van der Waals surface area contributed by atoms with Crippen molar-refractivity contribution in [1.29, 1.82) is 0 Å². The lowest BCUT2D eigenvalue weighted by atomic mass is 10.2. The number of carbonyl (C=O) groups excluding carboxylic acids is 2. The summed E-state index contributed by atoms with van der Waals surface area (Å²) in [7, 11) is 0. The lowest BCUT2D eigenvalue weighted by Gasteiger charge is -2.17. The molecule has 0 aliphatic carbocycles. The normalized spacial score (nSPS) is 16.0. The maximum absolute atomic E-state index is 12.4. The van der Waals surface area contributed by atoms with Crippen LogP contribution in [0.2, 0.25) is 0 Å². The van der Waals surface area contributed by atoms with Gasteiger partial charge in [-0.15, -0.1) is 10.2 Å². The van der Waals surface area contributed by atoms with E-state index in [4.69, 9.17) is 0 Å². The van der Waals surface area contributed by atoms with Gasteiger partial charge in [0.05, 0.1) is 6.54 Å². The van der Waals surface area contributed by atoms with Crippen molar-refractivity contribution in [3.05, 3.63) is 47.5 Å². The Morgan fingerprint density at radius 3 is 2.71 bits per heavy atom. The highest BCUT2D eigenvalue weighted by Gasteiger charge is 2.32. The van der Waals surface area contributed by atoms with Crippen LogP contribution in [0.1, 0.15) is 48.3 Å². The van der Waals surface area contributed by atoms with Crippen LogP contribution in [0.15, 0.2) is 30.3 Å². The number of carbonyl (C=O) groups is 2. The summed E-state index contributed by atoms with van der Waals surface area (Å²) in [5.41, 5.74) is 0.591. The lowest BCUT2D eigenvalue weighted by Crippen LogP contribution is -2.36. The first kappa shape index (κ1) is 16.2. The van der Waals surface area contributed by atoms with Crippen LogP contribution in [-0.4, -0.2) is 32.6 Å². The van der Waals surface area contributed by atoms with Crippen molar-refractivity contribution >= 4 is 11.8 Å². The van der Waals surface area contributed by atoms with Crippen LogP contribution in [0.5, 0.6) is 0 Å². The monoisotopic (exact) mass is 327 g/mol. The van der Waals surface area contributed by atoms with E-state index in [9.17, 15) is 9.59 Å². The zero-order chi connectivity index (χ0) is 17.1. The quantitative estimate of drug-likeness (QED) is 0.864. The Morgan fingerprint density at radius 1 is 1.25 bits per heavy atom. The fourth-order valence-corrected chi connectivity index (χ4v) is 2.89. The minimum absolute atomic E-state index is 0.0285. The fourth-order valence-electron chi connectivity index (χ4n) is 2.89. The fraction of sp³-hybridized carbons (Fsp3) is 0.412. The molecule has 3 rings (SSSR count). The molecule has 2 amide bonds. The summed E-state index contributed by atoms with van der Waals surface area (Å²) < 4.78 is 1.85. The number of fused-ring (bicyclic) bond motifs is 1. The maximum Gasteiger partial charge on any atom is 0.251 e.